The van der Waals surface area contributed by atoms with Crippen molar-refractivity contribution in [3.8, 4) is 5.88 Å². The Kier molecular flexibility index (Phi) is 5.41. The van der Waals surface area contributed by atoms with E-state index in [1.165, 1.54) is 6.26 Å². The number of carbonyl (C=O) groups excluding carboxylic acids is 1. The molecule has 0 saturated carbocycles. The molecule has 3 aromatic rings. The first-order valence-corrected chi connectivity index (χ1v) is 8.09. The fourth-order valence-electron chi connectivity index (χ4n) is 2.22. The highest BCUT2D eigenvalue weighted by molar-refractivity contribution is 5.91. The number of benzene rings is 1. The molecule has 2 heterocycles. The maximum absolute atomic E-state index is 12.1. The van der Waals surface area contributed by atoms with E-state index < -0.39 is 0 Å². The van der Waals surface area contributed by atoms with E-state index in [0.717, 1.165) is 11.1 Å². The number of amides is 1. The van der Waals surface area contributed by atoms with Crippen molar-refractivity contribution in [2.75, 3.05) is 0 Å². The number of nitrogens with one attached hydrogen (secondary N) is 1. The topological polar surface area (TPSA) is 77.2 Å². The molecule has 0 radical (unpaired) electrons. The molecule has 2 aromatic heterocycles. The first-order chi connectivity index (χ1) is 12.2. The van der Waals surface area contributed by atoms with Crippen molar-refractivity contribution in [1.82, 2.24) is 15.3 Å². The van der Waals surface area contributed by atoms with Gasteiger partial charge in [-0.2, -0.15) is 0 Å². The number of hydrogen-bond acceptors (Lipinski definition) is 5. The molecular formula is C19H19N3O3. The van der Waals surface area contributed by atoms with Gasteiger partial charge in [-0.05, 0) is 17.2 Å². The fraction of sp³-hybridized carbons (Fsp3) is 0.211. The van der Waals surface area contributed by atoms with Crippen LogP contribution < -0.4 is 10.1 Å². The number of nitrogens with zero attached hydrogens (tertiary/aromatic N) is 2. The minimum Gasteiger partial charge on any atom is -0.473 e. The Bertz CT molecular complexity index is 831. The number of carbonyl (C=O) groups is 1. The number of aromatic nitrogens is 2. The molecule has 0 fully saturated rings. The van der Waals surface area contributed by atoms with Crippen LogP contribution >= 0.6 is 0 Å². The average molecular weight is 337 g/mol. The molecule has 0 atom stereocenters. The Morgan fingerprint density at radius 2 is 2.04 bits per heavy atom. The van der Waals surface area contributed by atoms with Gasteiger partial charge in [-0.25, -0.2) is 9.97 Å². The van der Waals surface area contributed by atoms with E-state index in [1.54, 1.807) is 6.20 Å². The summed E-state index contributed by atoms with van der Waals surface area (Å²) in [6, 6.07) is 13.5. The Labute approximate surface area is 145 Å². The predicted molar refractivity (Wildman–Crippen MR) is 92.1 cm³/mol. The van der Waals surface area contributed by atoms with Crippen LogP contribution in [0.3, 0.4) is 0 Å². The fourth-order valence-corrected chi connectivity index (χ4v) is 2.22. The summed E-state index contributed by atoms with van der Waals surface area (Å²) in [5.74, 6) is 0.794. The molecule has 0 aliphatic carbocycles. The molecule has 0 bridgehead atoms. The van der Waals surface area contributed by atoms with Crippen LogP contribution in [-0.2, 0) is 19.6 Å². The third kappa shape index (κ3) is 4.67. The van der Waals surface area contributed by atoms with Gasteiger partial charge in [-0.1, -0.05) is 37.3 Å². The van der Waals surface area contributed by atoms with Gasteiger partial charge in [0.25, 0.3) is 5.91 Å². The zero-order valence-corrected chi connectivity index (χ0v) is 13.9. The third-order valence-corrected chi connectivity index (χ3v) is 3.57. The van der Waals surface area contributed by atoms with Crippen LogP contribution in [0, 0.1) is 0 Å². The second-order valence-electron chi connectivity index (χ2n) is 5.44. The number of hydrogen-bond donors (Lipinski definition) is 1. The second kappa shape index (κ2) is 8.10. The number of ether oxygens (including phenoxy) is 1. The number of aryl methyl sites for hydroxylation is 1. The van der Waals surface area contributed by atoms with Crippen LogP contribution in [0.4, 0.5) is 0 Å². The van der Waals surface area contributed by atoms with E-state index in [0.29, 0.717) is 31.3 Å². The van der Waals surface area contributed by atoms with Gasteiger partial charge in [0.1, 0.15) is 12.9 Å². The Hall–Kier alpha value is -3.15. The summed E-state index contributed by atoms with van der Waals surface area (Å²) in [6.45, 7) is 2.72. The van der Waals surface area contributed by atoms with Gasteiger partial charge in [0.15, 0.2) is 11.6 Å². The average Bonchev–Trinajstić information content (AvgIpc) is 3.15. The molecule has 6 heteroatoms. The minimum atomic E-state index is -0.271. The lowest BCUT2D eigenvalue weighted by Gasteiger charge is -2.08. The normalized spacial score (nSPS) is 10.4. The highest BCUT2D eigenvalue weighted by Crippen LogP contribution is 2.12. The van der Waals surface area contributed by atoms with Crippen molar-refractivity contribution >= 4 is 5.91 Å². The lowest BCUT2D eigenvalue weighted by atomic mass is 10.2. The molecule has 6 nitrogen and oxygen atoms in total. The first kappa shape index (κ1) is 16.7. The molecule has 25 heavy (non-hydrogen) atoms. The maximum Gasteiger partial charge on any atom is 0.273 e. The Morgan fingerprint density at radius 1 is 1.20 bits per heavy atom. The van der Waals surface area contributed by atoms with E-state index in [2.05, 4.69) is 15.3 Å². The highest BCUT2D eigenvalue weighted by atomic mass is 16.5. The smallest absolute Gasteiger partial charge is 0.273 e. The second-order valence-corrected chi connectivity index (χ2v) is 5.44. The van der Waals surface area contributed by atoms with Crippen molar-refractivity contribution in [3.05, 3.63) is 77.6 Å². The molecule has 128 valence electrons. The molecule has 0 unspecified atom stereocenters. The molecule has 1 aromatic carbocycles. The molecule has 0 spiro atoms. The predicted octanol–water partition coefficient (Wildman–Crippen LogP) is 3.14. The van der Waals surface area contributed by atoms with E-state index in [1.807, 2.05) is 49.4 Å². The Morgan fingerprint density at radius 3 is 2.80 bits per heavy atom. The summed E-state index contributed by atoms with van der Waals surface area (Å²) in [4.78, 5) is 20.4. The van der Waals surface area contributed by atoms with Crippen molar-refractivity contribution < 1.29 is 13.9 Å². The monoisotopic (exact) mass is 337 g/mol. The molecule has 0 saturated heterocycles. The van der Waals surface area contributed by atoms with Gasteiger partial charge in [0, 0.05) is 25.2 Å². The molecule has 1 amide bonds. The standard InChI is InChI=1S/C19H19N3O3/c1-2-17-22-16(13-25-17)19(23)21-11-15-8-9-20-18(10-15)24-12-14-6-4-3-5-7-14/h3-10,13H,2,11-12H2,1H3,(H,21,23). The van der Waals surface area contributed by atoms with Crippen LogP contribution in [0.25, 0.3) is 0 Å². The maximum atomic E-state index is 12.1. The zero-order chi connectivity index (χ0) is 17.5. The van der Waals surface area contributed by atoms with Crippen LogP contribution in [-0.4, -0.2) is 15.9 Å². The van der Waals surface area contributed by atoms with Gasteiger partial charge in [0.05, 0.1) is 0 Å². The first-order valence-electron chi connectivity index (χ1n) is 8.09. The van der Waals surface area contributed by atoms with E-state index in [4.69, 9.17) is 9.15 Å². The van der Waals surface area contributed by atoms with E-state index >= 15 is 0 Å². The molecule has 0 aliphatic heterocycles. The summed E-state index contributed by atoms with van der Waals surface area (Å²) in [6.07, 6.45) is 3.68. The van der Waals surface area contributed by atoms with Gasteiger partial charge >= 0.3 is 0 Å². The van der Waals surface area contributed by atoms with Crippen LogP contribution in [0.5, 0.6) is 5.88 Å². The van der Waals surface area contributed by atoms with E-state index in [9.17, 15) is 4.79 Å². The Balaban J connectivity index is 1.55. The third-order valence-electron chi connectivity index (χ3n) is 3.57. The SMILES string of the molecule is CCc1nc(C(=O)NCc2ccnc(OCc3ccccc3)c2)co1. The van der Waals surface area contributed by atoms with Gasteiger partial charge in [0.2, 0.25) is 5.88 Å². The van der Waals surface area contributed by atoms with Crippen molar-refractivity contribution in [2.24, 2.45) is 0 Å². The summed E-state index contributed by atoms with van der Waals surface area (Å²) in [5, 5.41) is 2.81. The molecule has 3 rings (SSSR count). The minimum absolute atomic E-state index is 0.271. The number of rotatable bonds is 7. The molecule has 0 aliphatic rings. The summed E-state index contributed by atoms with van der Waals surface area (Å²) < 4.78 is 10.9. The highest BCUT2D eigenvalue weighted by Gasteiger charge is 2.11. The molecular weight excluding hydrogens is 318 g/mol. The summed E-state index contributed by atoms with van der Waals surface area (Å²) in [5.41, 5.74) is 2.25. The molecule has 1 N–H and O–H groups in total. The zero-order valence-electron chi connectivity index (χ0n) is 13.9. The van der Waals surface area contributed by atoms with Gasteiger partial charge < -0.3 is 14.5 Å². The van der Waals surface area contributed by atoms with Crippen molar-refractivity contribution in [3.63, 3.8) is 0 Å². The quantitative estimate of drug-likeness (QED) is 0.717. The van der Waals surface area contributed by atoms with Crippen LogP contribution in [0.15, 0.2) is 59.3 Å². The summed E-state index contributed by atoms with van der Waals surface area (Å²) in [7, 11) is 0. The van der Waals surface area contributed by atoms with Crippen LogP contribution in [0.1, 0.15) is 34.4 Å². The number of oxazole rings is 1. The van der Waals surface area contributed by atoms with Gasteiger partial charge in [-0.15, -0.1) is 0 Å². The van der Waals surface area contributed by atoms with Crippen LogP contribution in [0.2, 0.25) is 0 Å². The lowest BCUT2D eigenvalue weighted by Crippen LogP contribution is -2.23. The van der Waals surface area contributed by atoms with Gasteiger partial charge in [-0.3, -0.25) is 4.79 Å². The largest absolute Gasteiger partial charge is 0.473 e. The number of pyridine rings is 1. The summed E-state index contributed by atoms with van der Waals surface area (Å²) >= 11 is 0. The van der Waals surface area contributed by atoms with E-state index in [-0.39, 0.29) is 11.6 Å². The van der Waals surface area contributed by atoms with Crippen molar-refractivity contribution in [2.45, 2.75) is 26.5 Å². The van der Waals surface area contributed by atoms with Crippen molar-refractivity contribution in [1.29, 1.82) is 0 Å². The lowest BCUT2D eigenvalue weighted by molar-refractivity contribution is 0.0945.